The molecule has 0 fully saturated rings. The lowest BCUT2D eigenvalue weighted by Crippen LogP contribution is -2.26. The summed E-state index contributed by atoms with van der Waals surface area (Å²) in [6.45, 7) is 11.8. The lowest BCUT2D eigenvalue weighted by molar-refractivity contribution is 0.420. The van der Waals surface area contributed by atoms with Gasteiger partial charge in [-0.3, -0.25) is 0 Å². The van der Waals surface area contributed by atoms with Crippen LogP contribution in [0.1, 0.15) is 65.2 Å². The van der Waals surface area contributed by atoms with E-state index in [9.17, 15) is 0 Å². The average Bonchev–Trinajstić information content (AvgIpc) is 2.39. The molecule has 0 radical (unpaired) electrons. The Labute approximate surface area is 119 Å². The Morgan fingerprint density at radius 1 is 1.32 bits per heavy atom. The number of nitrogens with one attached hydrogen (secondary N) is 1. The highest BCUT2D eigenvalue weighted by Gasteiger charge is 2.13. The van der Waals surface area contributed by atoms with Crippen LogP contribution in [0.3, 0.4) is 0 Å². The van der Waals surface area contributed by atoms with Gasteiger partial charge in [-0.15, -0.1) is 6.58 Å². The number of hydrogen-bond donors (Lipinski definition) is 1. The van der Waals surface area contributed by atoms with Gasteiger partial charge in [0.2, 0.25) is 0 Å². The van der Waals surface area contributed by atoms with Crippen molar-refractivity contribution in [3.05, 3.63) is 24.9 Å². The third-order valence-electron chi connectivity index (χ3n) is 3.50. The molecule has 2 nitrogen and oxygen atoms in total. The molecule has 0 saturated heterocycles. The minimum absolute atomic E-state index is 0.167. The first-order chi connectivity index (χ1) is 9.13. The Kier molecular flexibility index (Phi) is 11.1. The first kappa shape index (κ1) is 17.8. The van der Waals surface area contributed by atoms with Gasteiger partial charge in [0.05, 0.1) is 6.07 Å². The highest BCUT2D eigenvalue weighted by molar-refractivity contribution is 4.88. The van der Waals surface area contributed by atoms with E-state index in [4.69, 9.17) is 5.26 Å². The maximum absolute atomic E-state index is 9.02. The highest BCUT2D eigenvalue weighted by Crippen LogP contribution is 2.16. The first-order valence-corrected chi connectivity index (χ1v) is 7.55. The van der Waals surface area contributed by atoms with Gasteiger partial charge in [0.25, 0.3) is 0 Å². The molecule has 0 aliphatic rings. The molecule has 108 valence electrons. The van der Waals surface area contributed by atoms with Gasteiger partial charge in [0.1, 0.15) is 0 Å². The van der Waals surface area contributed by atoms with Gasteiger partial charge in [0, 0.05) is 12.0 Å². The number of nitriles is 1. The van der Waals surface area contributed by atoms with Crippen molar-refractivity contribution in [1.29, 1.82) is 5.26 Å². The molecule has 0 amide bonds. The number of hydrogen-bond acceptors (Lipinski definition) is 2. The Morgan fingerprint density at radius 2 is 2.00 bits per heavy atom. The summed E-state index contributed by atoms with van der Waals surface area (Å²) in [5.41, 5.74) is 1.28. The van der Waals surface area contributed by atoms with Crippen molar-refractivity contribution in [2.45, 2.75) is 71.3 Å². The van der Waals surface area contributed by atoms with E-state index in [1.165, 1.54) is 31.3 Å². The van der Waals surface area contributed by atoms with Gasteiger partial charge in [-0.1, -0.05) is 38.3 Å². The minimum atomic E-state index is 0.167. The van der Waals surface area contributed by atoms with E-state index in [0.717, 1.165) is 25.7 Å². The zero-order valence-electron chi connectivity index (χ0n) is 12.8. The Hall–Kier alpha value is -1.23. The molecule has 0 bridgehead atoms. The lowest BCUT2D eigenvalue weighted by atomic mass is 9.95. The van der Waals surface area contributed by atoms with Gasteiger partial charge in [0.15, 0.2) is 0 Å². The number of nitrogens with zero attached hydrogens (tertiary/aromatic N) is 1. The summed E-state index contributed by atoms with van der Waals surface area (Å²) >= 11 is 0. The molecular weight excluding hydrogens is 232 g/mol. The molecule has 0 saturated carbocycles. The van der Waals surface area contributed by atoms with Crippen molar-refractivity contribution in [2.75, 3.05) is 0 Å². The van der Waals surface area contributed by atoms with E-state index in [2.05, 4.69) is 38.4 Å². The molecule has 0 aromatic rings. The van der Waals surface area contributed by atoms with Crippen LogP contribution in [0.25, 0.3) is 0 Å². The van der Waals surface area contributed by atoms with E-state index in [1.54, 1.807) is 6.20 Å². The van der Waals surface area contributed by atoms with Gasteiger partial charge >= 0.3 is 0 Å². The van der Waals surface area contributed by atoms with E-state index < -0.39 is 0 Å². The summed E-state index contributed by atoms with van der Waals surface area (Å²) in [7, 11) is 0. The van der Waals surface area contributed by atoms with Crippen LogP contribution in [0.2, 0.25) is 0 Å². The summed E-state index contributed by atoms with van der Waals surface area (Å²) in [6.07, 6.45) is 11.0. The van der Waals surface area contributed by atoms with Gasteiger partial charge in [-0.25, -0.2) is 0 Å². The number of unbranched alkanes of at least 4 members (excludes halogenated alkanes) is 3. The zero-order chi connectivity index (χ0) is 14.5. The van der Waals surface area contributed by atoms with Crippen molar-refractivity contribution in [1.82, 2.24) is 5.32 Å². The molecule has 0 aromatic heterocycles. The second-order valence-corrected chi connectivity index (χ2v) is 5.45. The molecular formula is C17H30N2. The van der Waals surface area contributed by atoms with Gasteiger partial charge in [-0.2, -0.15) is 5.26 Å². The Bertz CT molecular complexity index is 288. The Balaban J connectivity index is 3.79. The van der Waals surface area contributed by atoms with E-state index in [-0.39, 0.29) is 5.92 Å². The standard InChI is InChI=1S/C17H30N2/c1-5-16(14-18)13-17(19-6-2)12-10-8-7-9-11-15(3)4/h6,16-17,19H,2-3,5,7-13H2,1,4H3. The summed E-state index contributed by atoms with van der Waals surface area (Å²) in [6, 6.07) is 2.79. The third-order valence-corrected chi connectivity index (χ3v) is 3.50. The maximum Gasteiger partial charge on any atom is 0.0656 e. The average molecular weight is 262 g/mol. The molecule has 2 heteroatoms. The molecule has 0 aliphatic heterocycles. The van der Waals surface area contributed by atoms with Crippen LogP contribution in [0.15, 0.2) is 24.9 Å². The monoisotopic (exact) mass is 262 g/mol. The second-order valence-electron chi connectivity index (χ2n) is 5.45. The molecule has 19 heavy (non-hydrogen) atoms. The van der Waals surface area contributed by atoms with Gasteiger partial charge < -0.3 is 5.32 Å². The molecule has 0 rings (SSSR count). The van der Waals surface area contributed by atoms with Crippen LogP contribution >= 0.6 is 0 Å². The van der Waals surface area contributed by atoms with Crippen molar-refractivity contribution < 1.29 is 0 Å². The normalized spacial score (nSPS) is 13.3. The fourth-order valence-electron chi connectivity index (χ4n) is 2.26. The first-order valence-electron chi connectivity index (χ1n) is 7.55. The molecule has 2 unspecified atom stereocenters. The fourth-order valence-corrected chi connectivity index (χ4v) is 2.26. The topological polar surface area (TPSA) is 35.8 Å². The second kappa shape index (κ2) is 11.8. The highest BCUT2D eigenvalue weighted by atomic mass is 14.9. The SMILES string of the molecule is C=CNC(CCCCCCC(=C)C)CC(C#N)CC. The number of rotatable bonds is 12. The molecule has 0 aromatic carbocycles. The van der Waals surface area contributed by atoms with Crippen molar-refractivity contribution in [3.63, 3.8) is 0 Å². The summed E-state index contributed by atoms with van der Waals surface area (Å²) < 4.78 is 0. The van der Waals surface area contributed by atoms with Crippen LogP contribution in [0, 0.1) is 17.2 Å². The summed E-state index contributed by atoms with van der Waals surface area (Å²) in [5.74, 6) is 0.167. The maximum atomic E-state index is 9.02. The molecule has 0 heterocycles. The van der Waals surface area contributed by atoms with E-state index in [1.807, 2.05) is 0 Å². The number of allylic oxidation sites excluding steroid dienone is 1. The predicted octanol–water partition coefficient (Wildman–Crippen LogP) is 4.94. The van der Waals surface area contributed by atoms with Gasteiger partial charge in [-0.05, 0) is 45.2 Å². The van der Waals surface area contributed by atoms with Crippen LogP contribution < -0.4 is 5.32 Å². The lowest BCUT2D eigenvalue weighted by Gasteiger charge is -2.19. The van der Waals surface area contributed by atoms with E-state index in [0.29, 0.717) is 6.04 Å². The Morgan fingerprint density at radius 3 is 2.53 bits per heavy atom. The van der Waals surface area contributed by atoms with Crippen LogP contribution in [-0.4, -0.2) is 6.04 Å². The predicted molar refractivity (Wildman–Crippen MR) is 83.6 cm³/mol. The summed E-state index contributed by atoms with van der Waals surface area (Å²) in [5, 5.41) is 12.3. The summed E-state index contributed by atoms with van der Waals surface area (Å²) in [4.78, 5) is 0. The van der Waals surface area contributed by atoms with Crippen LogP contribution in [-0.2, 0) is 0 Å². The molecule has 0 aliphatic carbocycles. The smallest absolute Gasteiger partial charge is 0.0656 e. The van der Waals surface area contributed by atoms with Crippen LogP contribution in [0.5, 0.6) is 0 Å². The molecule has 1 N–H and O–H groups in total. The largest absolute Gasteiger partial charge is 0.389 e. The van der Waals surface area contributed by atoms with Crippen LogP contribution in [0.4, 0.5) is 0 Å². The van der Waals surface area contributed by atoms with E-state index >= 15 is 0 Å². The van der Waals surface area contributed by atoms with Crippen molar-refractivity contribution in [3.8, 4) is 6.07 Å². The third kappa shape index (κ3) is 10.4. The quantitative estimate of drug-likeness (QED) is 0.399. The fraction of sp³-hybridized carbons (Fsp3) is 0.706. The van der Waals surface area contributed by atoms with Crippen molar-refractivity contribution >= 4 is 0 Å². The molecule has 2 atom stereocenters. The van der Waals surface area contributed by atoms with Crippen molar-refractivity contribution in [2.24, 2.45) is 5.92 Å². The zero-order valence-corrected chi connectivity index (χ0v) is 12.8. The minimum Gasteiger partial charge on any atom is -0.389 e. The molecule has 0 spiro atoms.